The van der Waals surface area contributed by atoms with E-state index in [0.29, 0.717) is 37.7 Å². The van der Waals surface area contributed by atoms with Crippen LogP contribution in [0, 0.1) is 0 Å². The van der Waals surface area contributed by atoms with Crippen LogP contribution in [0.1, 0.15) is 12.2 Å². The lowest BCUT2D eigenvalue weighted by Gasteiger charge is -2.36. The van der Waals surface area contributed by atoms with Crippen molar-refractivity contribution in [2.45, 2.75) is 18.9 Å². The minimum atomic E-state index is -4.63. The second-order valence-corrected chi connectivity index (χ2v) is 7.07. The fraction of sp³-hybridized carbons (Fsp3) is 0.421. The summed E-state index contributed by atoms with van der Waals surface area (Å²) in [5.74, 6) is -0.0685. The molecule has 3 heterocycles. The third-order valence-electron chi connectivity index (χ3n) is 4.95. The number of benzene rings is 1. The van der Waals surface area contributed by atoms with Gasteiger partial charge in [-0.1, -0.05) is 0 Å². The number of aliphatic hydroxyl groups is 2. The van der Waals surface area contributed by atoms with Gasteiger partial charge in [-0.25, -0.2) is 0 Å². The highest BCUT2D eigenvalue weighted by atomic mass is 19.4. The Kier molecular flexibility index (Phi) is 5.83. The topological polar surface area (TPSA) is 99.2 Å². The Morgan fingerprint density at radius 2 is 1.61 bits per heavy atom. The fourth-order valence-corrected chi connectivity index (χ4v) is 3.35. The van der Waals surface area contributed by atoms with Crippen molar-refractivity contribution in [1.29, 1.82) is 0 Å². The van der Waals surface area contributed by atoms with Crippen molar-refractivity contribution in [2.75, 3.05) is 42.6 Å². The maximum Gasteiger partial charge on any atom is 0.453 e. The van der Waals surface area contributed by atoms with Gasteiger partial charge in [-0.2, -0.15) is 17.7 Å². The number of fused-ring (bicyclic) bond motifs is 1. The van der Waals surface area contributed by atoms with Crippen molar-refractivity contribution >= 4 is 17.2 Å². The first-order valence-corrected chi connectivity index (χ1v) is 9.70. The van der Waals surface area contributed by atoms with Crippen molar-refractivity contribution in [3.63, 3.8) is 0 Å². The molecule has 0 spiro atoms. The molecule has 3 aromatic rings. The highest BCUT2D eigenvalue weighted by Gasteiger charge is 2.37. The maximum atomic E-state index is 13.1. The lowest BCUT2D eigenvalue weighted by molar-refractivity contribution is -0.146. The lowest BCUT2D eigenvalue weighted by atomic mass is 10.2. The molecule has 1 aliphatic heterocycles. The van der Waals surface area contributed by atoms with E-state index < -0.39 is 18.3 Å². The van der Waals surface area contributed by atoms with Gasteiger partial charge in [0, 0.05) is 38.3 Å². The van der Waals surface area contributed by atoms with E-state index in [1.807, 2.05) is 29.2 Å². The molecule has 0 atom stereocenters. The number of aromatic nitrogens is 4. The van der Waals surface area contributed by atoms with Crippen molar-refractivity contribution in [3.8, 4) is 5.75 Å². The molecule has 166 valence electrons. The Morgan fingerprint density at radius 1 is 0.935 bits per heavy atom. The Balaban J connectivity index is 1.38. The van der Waals surface area contributed by atoms with Gasteiger partial charge in [-0.3, -0.25) is 0 Å². The monoisotopic (exact) mass is 438 g/mol. The molecule has 1 saturated heterocycles. The summed E-state index contributed by atoms with van der Waals surface area (Å²) in [6.45, 7) is 2.73. The highest BCUT2D eigenvalue weighted by Crippen LogP contribution is 2.28. The summed E-state index contributed by atoms with van der Waals surface area (Å²) in [4.78, 5) is 4.09. The molecule has 31 heavy (non-hydrogen) atoms. The predicted molar refractivity (Wildman–Crippen MR) is 105 cm³/mol. The van der Waals surface area contributed by atoms with Crippen LogP contribution < -0.4 is 14.5 Å². The summed E-state index contributed by atoms with van der Waals surface area (Å²) < 4.78 is 45.4. The van der Waals surface area contributed by atoms with E-state index in [9.17, 15) is 13.2 Å². The van der Waals surface area contributed by atoms with Crippen LogP contribution in [-0.2, 0) is 6.18 Å². The third-order valence-corrected chi connectivity index (χ3v) is 4.95. The zero-order valence-electron chi connectivity index (χ0n) is 16.4. The van der Waals surface area contributed by atoms with E-state index in [2.05, 4.69) is 20.2 Å². The summed E-state index contributed by atoms with van der Waals surface area (Å²) in [5, 5.41) is 28.5. The molecule has 0 aliphatic carbocycles. The van der Waals surface area contributed by atoms with Crippen molar-refractivity contribution in [2.24, 2.45) is 0 Å². The van der Waals surface area contributed by atoms with Gasteiger partial charge in [0.25, 0.3) is 5.82 Å². The summed E-state index contributed by atoms with van der Waals surface area (Å²) in [7, 11) is 0. The quantitative estimate of drug-likeness (QED) is 0.560. The Bertz CT molecular complexity index is 1020. The van der Waals surface area contributed by atoms with Crippen LogP contribution in [0.3, 0.4) is 0 Å². The van der Waals surface area contributed by atoms with Gasteiger partial charge in [0.05, 0.1) is 6.61 Å². The van der Waals surface area contributed by atoms with Crippen LogP contribution in [0.25, 0.3) is 5.65 Å². The van der Waals surface area contributed by atoms with Gasteiger partial charge >= 0.3 is 6.18 Å². The molecule has 4 rings (SSSR count). The van der Waals surface area contributed by atoms with Crippen LogP contribution in [-0.4, -0.2) is 69.1 Å². The van der Waals surface area contributed by atoms with Crippen molar-refractivity contribution < 1.29 is 28.1 Å². The SMILES string of the molecule is OC(O)CCOc1ccc(N2CCN(c3ccc4nnc(C(F)(F)F)n4n3)CC2)cc1. The first-order chi connectivity index (χ1) is 14.8. The van der Waals surface area contributed by atoms with Crippen LogP contribution in [0.5, 0.6) is 5.75 Å². The van der Waals surface area contributed by atoms with Gasteiger partial charge < -0.3 is 24.7 Å². The predicted octanol–water partition coefficient (Wildman–Crippen LogP) is 1.55. The lowest BCUT2D eigenvalue weighted by Crippen LogP contribution is -2.47. The third kappa shape index (κ3) is 4.80. The summed E-state index contributed by atoms with van der Waals surface area (Å²) in [6.07, 6.45) is -5.89. The second-order valence-electron chi connectivity index (χ2n) is 7.07. The number of nitrogens with zero attached hydrogens (tertiary/aromatic N) is 6. The molecule has 0 bridgehead atoms. The zero-order valence-corrected chi connectivity index (χ0v) is 16.4. The minimum Gasteiger partial charge on any atom is -0.493 e. The average Bonchev–Trinajstić information content (AvgIpc) is 3.18. The molecule has 0 amide bonds. The van der Waals surface area contributed by atoms with Crippen molar-refractivity contribution in [3.05, 3.63) is 42.2 Å². The fourth-order valence-electron chi connectivity index (χ4n) is 3.35. The molecule has 2 aromatic heterocycles. The molecular weight excluding hydrogens is 417 g/mol. The van der Waals surface area contributed by atoms with Gasteiger partial charge in [0.1, 0.15) is 11.6 Å². The Labute approximate surface area is 175 Å². The summed E-state index contributed by atoms with van der Waals surface area (Å²) >= 11 is 0. The number of alkyl halides is 3. The number of piperazine rings is 1. The molecule has 1 aliphatic rings. The molecule has 0 radical (unpaired) electrons. The first-order valence-electron chi connectivity index (χ1n) is 9.70. The minimum absolute atomic E-state index is 0.0468. The molecule has 12 heteroatoms. The van der Waals surface area contributed by atoms with Crippen molar-refractivity contribution in [1.82, 2.24) is 19.8 Å². The van der Waals surface area contributed by atoms with E-state index in [1.54, 1.807) is 6.07 Å². The Morgan fingerprint density at radius 3 is 2.26 bits per heavy atom. The highest BCUT2D eigenvalue weighted by molar-refractivity contribution is 5.52. The van der Waals surface area contributed by atoms with E-state index in [-0.39, 0.29) is 18.7 Å². The maximum absolute atomic E-state index is 13.1. The number of aliphatic hydroxyl groups excluding tert-OH is 1. The molecule has 0 saturated carbocycles. The molecule has 0 unspecified atom stereocenters. The number of hydrogen-bond donors (Lipinski definition) is 2. The molecular formula is C19H21F3N6O3. The first kappa shape index (κ1) is 21.1. The number of halogens is 3. The van der Waals surface area contributed by atoms with Crippen LogP contribution in [0.15, 0.2) is 36.4 Å². The normalized spacial score (nSPS) is 15.2. The van der Waals surface area contributed by atoms with Gasteiger partial charge in [-0.05, 0) is 36.4 Å². The average molecular weight is 438 g/mol. The number of anilines is 2. The van der Waals surface area contributed by atoms with Crippen LogP contribution >= 0.6 is 0 Å². The standard InChI is InChI=1S/C19H21F3N6O3/c20-19(21,22)18-24-23-15-5-6-16(25-28(15)18)27-10-8-26(9-11-27)13-1-3-14(4-2-13)31-12-7-17(29)30/h1-6,17,29-30H,7-12H2. The number of ether oxygens (including phenoxy) is 1. The van der Waals surface area contributed by atoms with Gasteiger partial charge in [0.15, 0.2) is 11.9 Å². The van der Waals surface area contributed by atoms with Crippen LogP contribution in [0.4, 0.5) is 24.7 Å². The van der Waals surface area contributed by atoms with E-state index >= 15 is 0 Å². The van der Waals surface area contributed by atoms with Crippen LogP contribution in [0.2, 0.25) is 0 Å². The largest absolute Gasteiger partial charge is 0.493 e. The van der Waals surface area contributed by atoms with E-state index in [1.165, 1.54) is 6.07 Å². The Hall–Kier alpha value is -3.12. The molecule has 1 fully saturated rings. The van der Waals surface area contributed by atoms with Gasteiger partial charge in [-0.15, -0.1) is 15.3 Å². The summed E-state index contributed by atoms with van der Waals surface area (Å²) in [5.41, 5.74) is 1.04. The molecule has 2 N–H and O–H groups in total. The van der Waals surface area contributed by atoms with E-state index in [4.69, 9.17) is 14.9 Å². The number of rotatable bonds is 6. The second kappa shape index (κ2) is 8.55. The summed E-state index contributed by atoms with van der Waals surface area (Å²) in [6, 6.07) is 10.6. The smallest absolute Gasteiger partial charge is 0.453 e. The zero-order chi connectivity index (χ0) is 22.0. The number of hydrogen-bond acceptors (Lipinski definition) is 8. The van der Waals surface area contributed by atoms with Gasteiger partial charge in [0.2, 0.25) is 0 Å². The van der Waals surface area contributed by atoms with E-state index in [0.717, 1.165) is 10.2 Å². The molecule has 1 aromatic carbocycles. The molecule has 9 nitrogen and oxygen atoms in total.